The first kappa shape index (κ1) is 12.1. The van der Waals surface area contributed by atoms with Crippen LogP contribution in [0.4, 0.5) is 5.82 Å². The van der Waals surface area contributed by atoms with Crippen LogP contribution < -0.4 is 5.32 Å². The summed E-state index contributed by atoms with van der Waals surface area (Å²) in [4.78, 5) is 14.5. The molecule has 0 unspecified atom stereocenters. The number of aromatic nitrogens is 4. The first-order valence-electron chi connectivity index (χ1n) is 4.85. The zero-order valence-electron chi connectivity index (χ0n) is 9.09. The molecule has 0 saturated carbocycles. The number of rotatable bonds is 4. The fraction of sp³-hybridized carbons (Fsp3) is 0.300. The fourth-order valence-corrected chi connectivity index (χ4v) is 0.889. The van der Waals surface area contributed by atoms with Gasteiger partial charge in [-0.3, -0.25) is 0 Å². The van der Waals surface area contributed by atoms with Crippen molar-refractivity contribution in [3.05, 3.63) is 36.8 Å². The van der Waals surface area contributed by atoms with Crippen LogP contribution in [0.25, 0.3) is 0 Å². The second-order valence-electron chi connectivity index (χ2n) is 3.08. The number of aliphatic hydroxyl groups excluding tert-OH is 1. The SMILES string of the molecule is C/C(=C\CNc1cncncnc[nH]1)CO. The number of aliphatic hydroxyl groups is 1. The molecule has 3 N–H and O–H groups in total. The largest absolute Gasteiger partial charge is 0.392 e. The minimum absolute atomic E-state index is 0.0710. The van der Waals surface area contributed by atoms with E-state index in [1.165, 1.54) is 19.0 Å². The molecule has 1 aromatic rings. The molecule has 86 valence electrons. The summed E-state index contributed by atoms with van der Waals surface area (Å²) in [7, 11) is 0. The number of anilines is 1. The summed E-state index contributed by atoms with van der Waals surface area (Å²) in [6.07, 6.45) is 7.81. The molecule has 0 spiro atoms. The zero-order chi connectivity index (χ0) is 11.6. The third-order valence-electron chi connectivity index (χ3n) is 1.76. The van der Waals surface area contributed by atoms with Crippen molar-refractivity contribution in [1.82, 2.24) is 19.9 Å². The van der Waals surface area contributed by atoms with Gasteiger partial charge in [0.25, 0.3) is 0 Å². The Labute approximate surface area is 93.8 Å². The predicted molar refractivity (Wildman–Crippen MR) is 61.1 cm³/mol. The van der Waals surface area contributed by atoms with Crippen molar-refractivity contribution < 1.29 is 5.11 Å². The van der Waals surface area contributed by atoms with Gasteiger partial charge in [-0.1, -0.05) is 11.6 Å². The van der Waals surface area contributed by atoms with Gasteiger partial charge in [-0.15, -0.1) is 0 Å². The average molecular weight is 221 g/mol. The third-order valence-corrected chi connectivity index (χ3v) is 1.76. The highest BCUT2D eigenvalue weighted by Crippen LogP contribution is 1.95. The predicted octanol–water partition coefficient (Wildman–Crippen LogP) is 0.675. The maximum absolute atomic E-state index is 8.80. The first-order valence-corrected chi connectivity index (χ1v) is 4.85. The Bertz CT molecular complexity index is 362. The number of hydrogen-bond donors (Lipinski definition) is 3. The molecule has 0 atom stereocenters. The molecular formula is C10H15N5O. The van der Waals surface area contributed by atoms with Crippen molar-refractivity contribution in [1.29, 1.82) is 0 Å². The molecule has 0 aliphatic carbocycles. The van der Waals surface area contributed by atoms with Crippen molar-refractivity contribution in [2.75, 3.05) is 18.5 Å². The monoisotopic (exact) mass is 221 g/mol. The van der Waals surface area contributed by atoms with Crippen LogP contribution in [0.5, 0.6) is 0 Å². The molecule has 0 aromatic carbocycles. The normalized spacial score (nSPS) is 10.8. The molecule has 0 amide bonds. The highest BCUT2D eigenvalue weighted by atomic mass is 16.3. The lowest BCUT2D eigenvalue weighted by Crippen LogP contribution is -2.01. The van der Waals surface area contributed by atoms with Crippen molar-refractivity contribution in [2.45, 2.75) is 6.92 Å². The number of nitrogens with zero attached hydrogens (tertiary/aromatic N) is 3. The maximum atomic E-state index is 8.80. The quantitative estimate of drug-likeness (QED) is 0.651. The summed E-state index contributed by atoms with van der Waals surface area (Å²) in [6.45, 7) is 2.54. The molecule has 0 saturated heterocycles. The second-order valence-corrected chi connectivity index (χ2v) is 3.08. The fourth-order valence-electron chi connectivity index (χ4n) is 0.889. The van der Waals surface area contributed by atoms with Crippen molar-refractivity contribution in [2.24, 2.45) is 0 Å². The molecule has 6 heteroatoms. The Hall–Kier alpha value is -1.95. The summed E-state index contributed by atoms with van der Waals surface area (Å²) in [5.41, 5.74) is 0.914. The smallest absolute Gasteiger partial charge is 0.123 e. The Balaban J connectivity index is 2.65. The van der Waals surface area contributed by atoms with Gasteiger partial charge in [-0.2, -0.15) is 0 Å². The Morgan fingerprint density at radius 3 is 3.06 bits per heavy atom. The van der Waals surface area contributed by atoms with Crippen molar-refractivity contribution >= 4 is 5.82 Å². The topological polar surface area (TPSA) is 86.7 Å². The van der Waals surface area contributed by atoms with Gasteiger partial charge in [-0.05, 0) is 6.92 Å². The Morgan fingerprint density at radius 2 is 2.25 bits per heavy atom. The number of aromatic amines is 1. The molecule has 0 fully saturated rings. The van der Waals surface area contributed by atoms with Crippen LogP contribution in [0, 0.1) is 0 Å². The van der Waals surface area contributed by atoms with E-state index in [1.807, 2.05) is 13.0 Å². The van der Waals surface area contributed by atoms with Gasteiger partial charge in [0, 0.05) is 6.54 Å². The van der Waals surface area contributed by atoms with E-state index in [2.05, 4.69) is 25.3 Å². The minimum Gasteiger partial charge on any atom is -0.392 e. The minimum atomic E-state index is 0.0710. The average Bonchev–Trinajstić information content (AvgIpc) is 2.42. The van der Waals surface area contributed by atoms with Gasteiger partial charge in [0.2, 0.25) is 0 Å². The molecule has 1 rings (SSSR count). The molecule has 0 aliphatic rings. The molecular weight excluding hydrogens is 206 g/mol. The first-order chi connectivity index (χ1) is 7.83. The second kappa shape index (κ2) is 7.36. The lowest BCUT2D eigenvalue weighted by atomic mass is 10.3. The van der Waals surface area contributed by atoms with E-state index in [0.29, 0.717) is 12.4 Å². The lowest BCUT2D eigenvalue weighted by Gasteiger charge is -2.00. The summed E-state index contributed by atoms with van der Waals surface area (Å²) in [6, 6.07) is 0. The lowest BCUT2D eigenvalue weighted by molar-refractivity contribution is 0.331. The van der Waals surface area contributed by atoms with E-state index in [1.54, 1.807) is 6.20 Å². The van der Waals surface area contributed by atoms with Crippen LogP contribution in [0.15, 0.2) is 36.8 Å². The Kier molecular flexibility index (Phi) is 5.57. The molecule has 1 heterocycles. The van der Waals surface area contributed by atoms with Gasteiger partial charge in [-0.25, -0.2) is 15.0 Å². The highest BCUT2D eigenvalue weighted by molar-refractivity contribution is 5.30. The van der Waals surface area contributed by atoms with Crippen molar-refractivity contribution in [3.8, 4) is 0 Å². The molecule has 0 bridgehead atoms. The van der Waals surface area contributed by atoms with E-state index in [0.717, 1.165) is 5.57 Å². The number of hydrogen-bond acceptors (Lipinski definition) is 5. The molecule has 0 aliphatic heterocycles. The van der Waals surface area contributed by atoms with Crippen LogP contribution in [0.3, 0.4) is 0 Å². The van der Waals surface area contributed by atoms with Gasteiger partial charge in [0.05, 0.1) is 19.1 Å². The van der Waals surface area contributed by atoms with Crippen LogP contribution in [-0.2, 0) is 0 Å². The van der Waals surface area contributed by atoms with Crippen LogP contribution in [0.2, 0.25) is 0 Å². The standard InChI is InChI=1S/C10H15N5O/c1-9(5-16)2-3-14-10-4-11-6-12-7-13-8-15-10/h2,4,6-8,14,16H,3,5H2,1H3,(H,11,12,13,15)/b9-2+,10-4?. The van der Waals surface area contributed by atoms with Crippen LogP contribution in [0.1, 0.15) is 6.92 Å². The van der Waals surface area contributed by atoms with E-state index in [-0.39, 0.29) is 6.61 Å². The molecule has 0 radical (unpaired) electrons. The zero-order valence-corrected chi connectivity index (χ0v) is 9.09. The summed E-state index contributed by atoms with van der Waals surface area (Å²) in [5, 5.41) is 11.9. The molecule has 16 heavy (non-hydrogen) atoms. The summed E-state index contributed by atoms with van der Waals surface area (Å²) >= 11 is 0. The number of nitrogens with one attached hydrogen (secondary N) is 2. The van der Waals surface area contributed by atoms with Gasteiger partial charge in [0.15, 0.2) is 0 Å². The van der Waals surface area contributed by atoms with E-state index < -0.39 is 0 Å². The van der Waals surface area contributed by atoms with E-state index in [9.17, 15) is 0 Å². The van der Waals surface area contributed by atoms with Gasteiger partial charge < -0.3 is 15.4 Å². The van der Waals surface area contributed by atoms with Crippen LogP contribution in [-0.4, -0.2) is 38.2 Å². The maximum Gasteiger partial charge on any atom is 0.123 e. The van der Waals surface area contributed by atoms with Crippen molar-refractivity contribution in [3.63, 3.8) is 0 Å². The summed E-state index contributed by atoms with van der Waals surface area (Å²) in [5.74, 6) is 0.715. The van der Waals surface area contributed by atoms with Crippen LogP contribution >= 0.6 is 0 Å². The van der Waals surface area contributed by atoms with Gasteiger partial charge in [0.1, 0.15) is 18.5 Å². The van der Waals surface area contributed by atoms with E-state index >= 15 is 0 Å². The van der Waals surface area contributed by atoms with E-state index in [4.69, 9.17) is 5.11 Å². The highest BCUT2D eigenvalue weighted by Gasteiger charge is 1.87. The Morgan fingerprint density at radius 1 is 1.44 bits per heavy atom. The van der Waals surface area contributed by atoms with Gasteiger partial charge >= 0.3 is 0 Å². The number of H-pyrrole nitrogens is 1. The third kappa shape index (κ3) is 5.06. The summed E-state index contributed by atoms with van der Waals surface area (Å²) < 4.78 is 0. The molecule has 6 nitrogen and oxygen atoms in total. The molecule has 1 aromatic heterocycles.